The highest BCUT2D eigenvalue weighted by molar-refractivity contribution is 6.00. The number of carbonyl (C=O) groups excluding carboxylic acids is 2. The van der Waals surface area contributed by atoms with E-state index in [-0.39, 0.29) is 18.4 Å². The van der Waals surface area contributed by atoms with Gasteiger partial charge in [-0.05, 0) is 80.3 Å². The van der Waals surface area contributed by atoms with E-state index in [1.807, 2.05) is 68.4 Å². The van der Waals surface area contributed by atoms with Gasteiger partial charge in [0.15, 0.2) is 0 Å². The van der Waals surface area contributed by atoms with Crippen LogP contribution in [0.3, 0.4) is 0 Å². The highest BCUT2D eigenvalue weighted by Crippen LogP contribution is 2.26. The fourth-order valence-corrected chi connectivity index (χ4v) is 4.89. The van der Waals surface area contributed by atoms with Crippen LogP contribution >= 0.6 is 0 Å². The highest BCUT2D eigenvalue weighted by Gasteiger charge is 2.36. The molecule has 7 heteroatoms. The molecule has 0 saturated heterocycles. The van der Waals surface area contributed by atoms with Crippen LogP contribution in [0.15, 0.2) is 103 Å². The number of hydrogen-bond donors (Lipinski definition) is 4. The van der Waals surface area contributed by atoms with Crippen molar-refractivity contribution in [3.63, 3.8) is 0 Å². The second-order valence-corrected chi connectivity index (χ2v) is 10.9. The minimum atomic E-state index is -1.09. The monoisotopic (exact) mass is 579 g/mol. The van der Waals surface area contributed by atoms with Crippen molar-refractivity contribution in [2.75, 3.05) is 26.7 Å². The average molecular weight is 580 g/mol. The second kappa shape index (κ2) is 15.1. The second-order valence-electron chi connectivity index (χ2n) is 10.9. The van der Waals surface area contributed by atoms with Crippen molar-refractivity contribution in [3.05, 3.63) is 137 Å². The van der Waals surface area contributed by atoms with E-state index >= 15 is 0 Å². The van der Waals surface area contributed by atoms with E-state index in [0.717, 1.165) is 28.9 Å². The topological polar surface area (TPSA) is 99.7 Å². The van der Waals surface area contributed by atoms with E-state index in [4.69, 9.17) is 4.74 Å². The zero-order valence-corrected chi connectivity index (χ0v) is 25.1. The Morgan fingerprint density at radius 3 is 2.05 bits per heavy atom. The summed E-state index contributed by atoms with van der Waals surface area (Å²) in [6, 6.07) is 32.2. The smallest absolute Gasteiger partial charge is 0.252 e. The molecule has 0 unspecified atom stereocenters. The van der Waals surface area contributed by atoms with Crippen LogP contribution in [0.1, 0.15) is 49.9 Å². The normalized spacial score (nSPS) is 13.0. The van der Waals surface area contributed by atoms with Crippen molar-refractivity contribution in [3.8, 4) is 5.75 Å². The first kappa shape index (κ1) is 31.5. The van der Waals surface area contributed by atoms with E-state index in [9.17, 15) is 14.7 Å². The van der Waals surface area contributed by atoms with Crippen LogP contribution in [-0.4, -0.2) is 49.8 Å². The first-order valence-electron chi connectivity index (χ1n) is 14.6. The molecule has 0 saturated carbocycles. The molecule has 224 valence electrons. The van der Waals surface area contributed by atoms with Crippen molar-refractivity contribution in [2.24, 2.45) is 0 Å². The van der Waals surface area contributed by atoms with Crippen molar-refractivity contribution < 1.29 is 19.4 Å². The zero-order chi connectivity index (χ0) is 30.7. The Balaban J connectivity index is 1.38. The van der Waals surface area contributed by atoms with Gasteiger partial charge < -0.3 is 25.8 Å². The lowest BCUT2D eigenvalue weighted by Crippen LogP contribution is -2.55. The lowest BCUT2D eigenvalue weighted by atomic mass is 9.85. The van der Waals surface area contributed by atoms with Gasteiger partial charge in [-0.25, -0.2) is 0 Å². The van der Waals surface area contributed by atoms with E-state index in [1.54, 1.807) is 31.4 Å². The molecule has 0 fully saturated rings. The number of amides is 2. The molecule has 4 rings (SSSR count). The Kier molecular flexibility index (Phi) is 11.1. The maximum Gasteiger partial charge on any atom is 0.252 e. The Hall–Kier alpha value is -4.46. The lowest BCUT2D eigenvalue weighted by Gasteiger charge is -2.36. The predicted molar refractivity (Wildman–Crippen MR) is 170 cm³/mol. The fraction of sp³-hybridized carbons (Fsp3) is 0.278. The Labute approximate surface area is 254 Å². The van der Waals surface area contributed by atoms with Gasteiger partial charge in [-0.1, -0.05) is 78.4 Å². The molecule has 2 amide bonds. The SMILES string of the molecule is COc1ccc(CCNC[C@@H](O)[C@@](C)(NC(=O)c2cccc(C(=O)NCCc3ccc(C)cc3)c2)c2ccccc2)cc1. The third-order valence-corrected chi connectivity index (χ3v) is 7.71. The quantitative estimate of drug-likeness (QED) is 0.161. The van der Waals surface area contributed by atoms with Gasteiger partial charge >= 0.3 is 0 Å². The van der Waals surface area contributed by atoms with Crippen molar-refractivity contribution in [1.29, 1.82) is 0 Å². The molecule has 4 aromatic rings. The van der Waals surface area contributed by atoms with Gasteiger partial charge in [-0.2, -0.15) is 0 Å². The van der Waals surface area contributed by atoms with Crippen LogP contribution in [-0.2, 0) is 18.4 Å². The molecule has 0 aromatic heterocycles. The van der Waals surface area contributed by atoms with Gasteiger partial charge in [0.1, 0.15) is 5.75 Å². The Morgan fingerprint density at radius 1 is 0.791 bits per heavy atom. The molecule has 43 heavy (non-hydrogen) atoms. The number of methoxy groups -OCH3 is 1. The maximum atomic E-state index is 13.5. The molecule has 0 aliphatic heterocycles. The molecule has 0 bridgehead atoms. The molecule has 7 nitrogen and oxygen atoms in total. The molecule has 0 spiro atoms. The first-order chi connectivity index (χ1) is 20.8. The zero-order valence-electron chi connectivity index (χ0n) is 25.1. The third-order valence-electron chi connectivity index (χ3n) is 7.71. The van der Waals surface area contributed by atoms with Crippen LogP contribution < -0.4 is 20.7 Å². The van der Waals surface area contributed by atoms with Crippen LogP contribution in [0, 0.1) is 6.92 Å². The number of ether oxygens (including phenoxy) is 1. The molecule has 2 atom stereocenters. The standard InChI is InChI=1S/C36H41N3O4/c1-26-12-14-27(15-13-26)21-23-38-34(41)29-8-7-9-30(24-29)35(42)39-36(2,31-10-5-4-6-11-31)33(40)25-37-22-20-28-16-18-32(43-3)19-17-28/h4-19,24,33,37,40H,20-23,25H2,1-3H3,(H,38,41)(H,39,42)/t33-,36+/m1/s1. The van der Waals surface area contributed by atoms with Crippen LogP contribution in [0.5, 0.6) is 5.75 Å². The molecule has 0 heterocycles. The minimum absolute atomic E-state index is 0.242. The highest BCUT2D eigenvalue weighted by atomic mass is 16.5. The molecular formula is C36H41N3O4. The molecular weight excluding hydrogens is 538 g/mol. The first-order valence-corrected chi connectivity index (χ1v) is 14.6. The summed E-state index contributed by atoms with van der Waals surface area (Å²) in [6.07, 6.45) is 0.571. The van der Waals surface area contributed by atoms with E-state index in [0.29, 0.717) is 30.6 Å². The van der Waals surface area contributed by atoms with E-state index < -0.39 is 11.6 Å². The number of aliphatic hydroxyl groups is 1. The summed E-state index contributed by atoms with van der Waals surface area (Å²) in [7, 11) is 1.64. The Bertz CT molecular complexity index is 1470. The third kappa shape index (κ3) is 8.77. The van der Waals surface area contributed by atoms with Crippen molar-refractivity contribution in [2.45, 2.75) is 38.3 Å². The van der Waals surface area contributed by atoms with Gasteiger partial charge in [0.2, 0.25) is 0 Å². The van der Waals surface area contributed by atoms with Crippen molar-refractivity contribution in [1.82, 2.24) is 16.0 Å². The number of rotatable bonds is 14. The summed E-state index contributed by atoms with van der Waals surface area (Å²) in [4.78, 5) is 26.4. The number of nitrogens with one attached hydrogen (secondary N) is 3. The van der Waals surface area contributed by atoms with Gasteiger partial charge in [0, 0.05) is 24.2 Å². The van der Waals surface area contributed by atoms with Gasteiger partial charge in [-0.15, -0.1) is 0 Å². The molecule has 0 aliphatic rings. The summed E-state index contributed by atoms with van der Waals surface area (Å²) in [5.74, 6) is 0.192. The summed E-state index contributed by atoms with van der Waals surface area (Å²) >= 11 is 0. The molecule has 4 aromatic carbocycles. The fourth-order valence-electron chi connectivity index (χ4n) is 4.89. The van der Waals surface area contributed by atoms with Crippen LogP contribution in [0.25, 0.3) is 0 Å². The Morgan fingerprint density at radius 2 is 1.40 bits per heavy atom. The minimum Gasteiger partial charge on any atom is -0.497 e. The maximum absolute atomic E-state index is 13.5. The molecule has 0 radical (unpaired) electrons. The number of aryl methyl sites for hydroxylation is 1. The lowest BCUT2D eigenvalue weighted by molar-refractivity contribution is 0.0557. The summed E-state index contributed by atoms with van der Waals surface area (Å²) in [6.45, 7) is 5.27. The number of benzene rings is 4. The van der Waals surface area contributed by atoms with E-state index in [2.05, 4.69) is 40.2 Å². The van der Waals surface area contributed by atoms with Crippen LogP contribution in [0.2, 0.25) is 0 Å². The summed E-state index contributed by atoms with van der Waals surface area (Å²) in [5.41, 5.74) is 3.93. The van der Waals surface area contributed by atoms with Crippen molar-refractivity contribution >= 4 is 11.8 Å². The molecule has 0 aliphatic carbocycles. The summed E-state index contributed by atoms with van der Waals surface area (Å²) < 4.78 is 5.22. The largest absolute Gasteiger partial charge is 0.497 e. The number of hydrogen-bond acceptors (Lipinski definition) is 5. The number of carbonyl (C=O) groups is 2. The van der Waals surface area contributed by atoms with Gasteiger partial charge in [0.05, 0.1) is 18.8 Å². The van der Waals surface area contributed by atoms with Gasteiger partial charge in [-0.3, -0.25) is 9.59 Å². The molecule has 4 N–H and O–H groups in total. The van der Waals surface area contributed by atoms with Crippen LogP contribution in [0.4, 0.5) is 0 Å². The van der Waals surface area contributed by atoms with Gasteiger partial charge in [0.25, 0.3) is 11.8 Å². The predicted octanol–water partition coefficient (Wildman–Crippen LogP) is 4.81. The summed E-state index contributed by atoms with van der Waals surface area (Å²) in [5, 5.41) is 20.7. The average Bonchev–Trinajstić information content (AvgIpc) is 3.04. The number of aliphatic hydroxyl groups excluding tert-OH is 1. The van der Waals surface area contributed by atoms with E-state index in [1.165, 1.54) is 5.56 Å².